The first-order valence-corrected chi connectivity index (χ1v) is 6.70. The quantitative estimate of drug-likeness (QED) is 0.456. The van der Waals surface area contributed by atoms with E-state index in [1.54, 1.807) is 13.8 Å². The van der Waals surface area contributed by atoms with Crippen molar-refractivity contribution in [2.24, 2.45) is 0 Å². The number of ether oxygens (including phenoxy) is 1. The predicted molar refractivity (Wildman–Crippen MR) is 66.6 cm³/mol. The highest BCUT2D eigenvalue weighted by molar-refractivity contribution is 7.88. The fourth-order valence-corrected chi connectivity index (χ4v) is 1.61. The van der Waals surface area contributed by atoms with Crippen molar-refractivity contribution in [3.05, 3.63) is 35.6 Å². The van der Waals surface area contributed by atoms with Crippen LogP contribution in [-0.2, 0) is 19.6 Å². The average Bonchev–Trinajstić information content (AvgIpc) is 2.21. The van der Waals surface area contributed by atoms with E-state index in [1.165, 1.54) is 19.3 Å². The fraction of sp³-hybridized carbons (Fsp3) is 0.364. The lowest BCUT2D eigenvalue weighted by Crippen LogP contribution is -2.22. The minimum Gasteiger partial charge on any atom is -0.465 e. The Hall–Kier alpha value is -1.56. The van der Waals surface area contributed by atoms with Gasteiger partial charge in [-0.15, -0.1) is 0 Å². The Morgan fingerprint density at radius 1 is 1.41 bits per heavy atom. The normalized spacial score (nSPS) is 13.2. The van der Waals surface area contributed by atoms with Crippen molar-refractivity contribution in [2.75, 3.05) is 13.4 Å². The number of hydrogen-bond acceptors (Lipinski definition) is 4. The van der Waals surface area contributed by atoms with Gasteiger partial charge < -0.3 is 4.74 Å². The van der Waals surface area contributed by atoms with Gasteiger partial charge in [0.1, 0.15) is 0 Å². The largest absolute Gasteiger partial charge is 0.465 e. The van der Waals surface area contributed by atoms with Gasteiger partial charge in [0.15, 0.2) is 0 Å². The molecule has 6 heteroatoms. The number of methoxy groups -OCH3 is 1. The second-order valence-corrected chi connectivity index (χ2v) is 5.20. The Bertz CT molecular complexity index is 472. The summed E-state index contributed by atoms with van der Waals surface area (Å²) in [5.41, 5.74) is 1.01. The molecule has 0 aromatic rings. The first kappa shape index (κ1) is 15.4. The Kier molecular flexibility index (Phi) is 5.67. The van der Waals surface area contributed by atoms with E-state index in [2.05, 4.69) is 16.0 Å². The molecule has 0 aliphatic rings. The zero-order valence-corrected chi connectivity index (χ0v) is 11.2. The molecule has 0 bridgehead atoms. The summed E-state index contributed by atoms with van der Waals surface area (Å²) < 4.78 is 29.1. The Morgan fingerprint density at radius 2 is 1.94 bits per heavy atom. The van der Waals surface area contributed by atoms with Gasteiger partial charge in [-0.05, 0) is 25.5 Å². The van der Waals surface area contributed by atoms with E-state index >= 15 is 0 Å². The zero-order valence-electron chi connectivity index (χ0n) is 10.4. The van der Waals surface area contributed by atoms with Gasteiger partial charge in [-0.3, -0.25) is 4.72 Å². The van der Waals surface area contributed by atoms with E-state index in [-0.39, 0.29) is 11.3 Å². The van der Waals surface area contributed by atoms with Crippen LogP contribution >= 0.6 is 0 Å². The summed E-state index contributed by atoms with van der Waals surface area (Å²) in [5.74, 6) is -0.540. The summed E-state index contributed by atoms with van der Waals surface area (Å²) in [6, 6.07) is 0. The number of allylic oxidation sites excluding steroid dienone is 2. The van der Waals surface area contributed by atoms with Crippen molar-refractivity contribution in [1.29, 1.82) is 0 Å². The lowest BCUT2D eigenvalue weighted by atomic mass is 10.1. The minimum absolute atomic E-state index is 0.252. The lowest BCUT2D eigenvalue weighted by Gasteiger charge is -2.09. The van der Waals surface area contributed by atoms with Crippen molar-refractivity contribution >= 4 is 16.0 Å². The third kappa shape index (κ3) is 5.91. The Labute approximate surface area is 102 Å². The van der Waals surface area contributed by atoms with Gasteiger partial charge >= 0.3 is 5.97 Å². The van der Waals surface area contributed by atoms with Crippen LogP contribution in [0.3, 0.4) is 0 Å². The highest BCUT2D eigenvalue weighted by Gasteiger charge is 2.10. The maximum atomic E-state index is 11.3. The van der Waals surface area contributed by atoms with Crippen LogP contribution in [0.25, 0.3) is 0 Å². The van der Waals surface area contributed by atoms with E-state index < -0.39 is 16.0 Å². The topological polar surface area (TPSA) is 72.5 Å². The van der Waals surface area contributed by atoms with Gasteiger partial charge in [0.05, 0.1) is 24.6 Å². The van der Waals surface area contributed by atoms with Crippen LogP contribution in [0.5, 0.6) is 0 Å². The van der Waals surface area contributed by atoms with Gasteiger partial charge in [0.2, 0.25) is 10.0 Å². The average molecular weight is 259 g/mol. The second-order valence-electron chi connectivity index (χ2n) is 3.45. The summed E-state index contributed by atoms with van der Waals surface area (Å²) >= 11 is 0. The van der Waals surface area contributed by atoms with E-state index in [9.17, 15) is 13.2 Å². The molecule has 0 fully saturated rings. The van der Waals surface area contributed by atoms with Crippen molar-refractivity contribution in [3.8, 4) is 0 Å². The number of sulfonamides is 1. The zero-order chi connectivity index (χ0) is 13.6. The molecule has 5 nitrogen and oxygen atoms in total. The van der Waals surface area contributed by atoms with Crippen molar-refractivity contribution in [1.82, 2.24) is 4.72 Å². The van der Waals surface area contributed by atoms with Crippen LogP contribution in [-0.4, -0.2) is 27.8 Å². The smallest absolute Gasteiger partial charge is 0.337 e. The molecule has 0 aliphatic carbocycles. The molecular formula is C11H17NO4S. The molecule has 0 saturated heterocycles. The summed E-state index contributed by atoms with van der Waals surface area (Å²) in [5, 5.41) is 0. The molecular weight excluding hydrogens is 242 g/mol. The molecule has 0 atom stereocenters. The monoisotopic (exact) mass is 259 g/mol. The number of esters is 1. The van der Waals surface area contributed by atoms with Gasteiger partial charge in [-0.25, -0.2) is 13.2 Å². The van der Waals surface area contributed by atoms with Crippen LogP contribution < -0.4 is 4.72 Å². The molecule has 0 rings (SSSR count). The third-order valence-electron chi connectivity index (χ3n) is 1.79. The first-order valence-electron chi connectivity index (χ1n) is 4.81. The van der Waals surface area contributed by atoms with E-state index in [4.69, 9.17) is 0 Å². The fourth-order valence-electron chi connectivity index (χ4n) is 0.973. The predicted octanol–water partition coefficient (Wildman–Crippen LogP) is 1.11. The molecule has 0 aliphatic heterocycles. The van der Waals surface area contributed by atoms with E-state index in [1.807, 2.05) is 0 Å². The standard InChI is InChI=1S/C11H17NO4S/c1-6-9(11(13)16-4)7-10(8(2)3)12-17(5,14)15/h6-7,12H,2H2,1,3-5H3/b9-6?,10-7+. The number of rotatable bonds is 5. The van der Waals surface area contributed by atoms with Gasteiger partial charge in [0.25, 0.3) is 0 Å². The Morgan fingerprint density at radius 3 is 2.24 bits per heavy atom. The van der Waals surface area contributed by atoms with Crippen molar-refractivity contribution < 1.29 is 17.9 Å². The first-order chi connectivity index (χ1) is 7.71. The van der Waals surface area contributed by atoms with E-state index in [0.29, 0.717) is 5.57 Å². The van der Waals surface area contributed by atoms with Crippen LogP contribution in [0.1, 0.15) is 13.8 Å². The minimum atomic E-state index is -3.41. The SMILES string of the molecule is C=C(C)/C(=C\C(=CC)C(=O)OC)NS(C)(=O)=O. The molecule has 0 unspecified atom stereocenters. The van der Waals surface area contributed by atoms with Crippen LogP contribution in [0.2, 0.25) is 0 Å². The van der Waals surface area contributed by atoms with E-state index in [0.717, 1.165) is 6.26 Å². The molecule has 0 saturated carbocycles. The number of carbonyl (C=O) groups excluding carboxylic acids is 1. The number of carbonyl (C=O) groups is 1. The van der Waals surface area contributed by atoms with Crippen LogP contribution in [0.15, 0.2) is 35.6 Å². The highest BCUT2D eigenvalue weighted by atomic mass is 32.2. The molecule has 0 aromatic heterocycles. The molecule has 0 heterocycles. The highest BCUT2D eigenvalue weighted by Crippen LogP contribution is 2.10. The molecule has 0 radical (unpaired) electrons. The van der Waals surface area contributed by atoms with Gasteiger partial charge in [0, 0.05) is 0 Å². The summed E-state index contributed by atoms with van der Waals surface area (Å²) in [6.07, 6.45) is 3.94. The summed E-state index contributed by atoms with van der Waals surface area (Å²) in [7, 11) is -2.16. The van der Waals surface area contributed by atoms with Crippen LogP contribution in [0.4, 0.5) is 0 Å². The third-order valence-corrected chi connectivity index (χ3v) is 2.38. The molecule has 0 amide bonds. The maximum Gasteiger partial charge on any atom is 0.337 e. The maximum absolute atomic E-state index is 11.3. The Balaban J connectivity index is 5.33. The number of hydrogen-bond donors (Lipinski definition) is 1. The second kappa shape index (κ2) is 6.24. The van der Waals surface area contributed by atoms with Crippen molar-refractivity contribution in [2.45, 2.75) is 13.8 Å². The molecule has 0 spiro atoms. The lowest BCUT2D eigenvalue weighted by molar-refractivity contribution is -0.135. The molecule has 17 heavy (non-hydrogen) atoms. The van der Waals surface area contributed by atoms with Crippen molar-refractivity contribution in [3.63, 3.8) is 0 Å². The summed E-state index contributed by atoms with van der Waals surface area (Å²) in [4.78, 5) is 11.3. The molecule has 0 aromatic carbocycles. The van der Waals surface area contributed by atoms with Gasteiger partial charge in [-0.2, -0.15) is 0 Å². The van der Waals surface area contributed by atoms with Crippen LogP contribution in [0, 0.1) is 0 Å². The number of nitrogens with one attached hydrogen (secondary N) is 1. The van der Waals surface area contributed by atoms with Gasteiger partial charge in [-0.1, -0.05) is 12.7 Å². The summed E-state index contributed by atoms with van der Waals surface area (Å²) in [6.45, 7) is 6.92. The molecule has 1 N–H and O–H groups in total. The molecule has 96 valence electrons.